The van der Waals surface area contributed by atoms with Crippen molar-refractivity contribution in [2.24, 2.45) is 0 Å². The Kier molecular flexibility index (Phi) is 4.11. The average molecular weight is 306 g/mol. The number of hydrogen-bond acceptors (Lipinski definition) is 3. The average Bonchev–Trinajstić information content (AvgIpc) is 3.23. The number of halogens is 1. The van der Waals surface area contributed by atoms with Gasteiger partial charge in [-0.1, -0.05) is 12.1 Å². The van der Waals surface area contributed by atoms with Gasteiger partial charge in [0.2, 0.25) is 11.8 Å². The van der Waals surface area contributed by atoms with Gasteiger partial charge in [0.25, 0.3) is 0 Å². The van der Waals surface area contributed by atoms with Gasteiger partial charge >= 0.3 is 0 Å². The van der Waals surface area contributed by atoms with E-state index in [1.165, 1.54) is 18.2 Å². The third kappa shape index (κ3) is 3.44. The van der Waals surface area contributed by atoms with E-state index in [1.807, 2.05) is 4.90 Å². The first-order chi connectivity index (χ1) is 10.5. The number of carbonyl (C=O) groups excluding carboxylic acids is 2. The molecule has 2 amide bonds. The maximum Gasteiger partial charge on any atom is 0.225 e. The molecule has 1 saturated carbocycles. The van der Waals surface area contributed by atoms with Crippen molar-refractivity contribution in [3.05, 3.63) is 35.6 Å². The fourth-order valence-corrected chi connectivity index (χ4v) is 2.86. The Labute approximate surface area is 128 Å². The van der Waals surface area contributed by atoms with Crippen LogP contribution >= 0.6 is 0 Å². The van der Waals surface area contributed by atoms with Crippen LogP contribution in [0, 0.1) is 5.82 Å². The quantitative estimate of drug-likeness (QED) is 0.857. The number of aliphatic hydroxyl groups excluding tert-OH is 1. The Balaban J connectivity index is 1.51. The Morgan fingerprint density at radius 1 is 1.45 bits per heavy atom. The van der Waals surface area contributed by atoms with Crippen molar-refractivity contribution < 1.29 is 19.1 Å². The monoisotopic (exact) mass is 306 g/mol. The van der Waals surface area contributed by atoms with Gasteiger partial charge in [-0.25, -0.2) is 4.39 Å². The number of aliphatic hydroxyl groups is 1. The maximum atomic E-state index is 13.1. The Bertz CT molecular complexity index is 589. The van der Waals surface area contributed by atoms with Crippen LogP contribution in [-0.2, 0) is 9.59 Å². The Morgan fingerprint density at radius 3 is 2.91 bits per heavy atom. The summed E-state index contributed by atoms with van der Waals surface area (Å²) in [5.41, 5.74) is 0.372. The highest BCUT2D eigenvalue weighted by atomic mass is 19.1. The largest absolute Gasteiger partial charge is 0.388 e. The van der Waals surface area contributed by atoms with Gasteiger partial charge in [0.1, 0.15) is 5.82 Å². The minimum Gasteiger partial charge on any atom is -0.388 e. The number of nitrogens with zero attached hydrogens (tertiary/aromatic N) is 1. The number of carbonyl (C=O) groups is 2. The van der Waals surface area contributed by atoms with E-state index in [-0.39, 0.29) is 24.3 Å². The predicted octanol–water partition coefficient (Wildman–Crippen LogP) is 1.13. The fourth-order valence-electron chi connectivity index (χ4n) is 2.86. The van der Waals surface area contributed by atoms with Crippen LogP contribution in [0.5, 0.6) is 0 Å². The van der Waals surface area contributed by atoms with Crippen LogP contribution in [0.15, 0.2) is 24.3 Å². The minimum absolute atomic E-state index is 0.0819. The maximum absolute atomic E-state index is 13.1. The van der Waals surface area contributed by atoms with E-state index >= 15 is 0 Å². The molecule has 22 heavy (non-hydrogen) atoms. The van der Waals surface area contributed by atoms with Gasteiger partial charge in [-0.05, 0) is 30.5 Å². The molecular weight excluding hydrogens is 287 g/mol. The molecule has 1 aromatic carbocycles. The number of nitrogens with one attached hydrogen (secondary N) is 1. The van der Waals surface area contributed by atoms with Crippen molar-refractivity contribution >= 4 is 11.8 Å². The van der Waals surface area contributed by atoms with Gasteiger partial charge in [-0.3, -0.25) is 9.59 Å². The van der Waals surface area contributed by atoms with E-state index in [9.17, 15) is 19.1 Å². The van der Waals surface area contributed by atoms with E-state index < -0.39 is 11.9 Å². The first-order valence-electron chi connectivity index (χ1n) is 7.55. The number of amides is 2. The van der Waals surface area contributed by atoms with Gasteiger partial charge in [-0.2, -0.15) is 0 Å². The van der Waals surface area contributed by atoms with Crippen molar-refractivity contribution in [2.75, 3.05) is 6.54 Å². The normalized spacial score (nSPS) is 22.7. The van der Waals surface area contributed by atoms with Crippen molar-refractivity contribution in [3.63, 3.8) is 0 Å². The molecule has 5 nitrogen and oxygen atoms in total. The van der Waals surface area contributed by atoms with Gasteiger partial charge in [0, 0.05) is 19.0 Å². The standard InChI is InChI=1S/C16H19FN2O3/c17-11-3-1-2-10(6-11)14(20)8-15(21)18-12-7-16(22)19(9-12)13-4-5-13/h1-3,6,12-14,20H,4-5,7-9H2,(H,18,21). The lowest BCUT2D eigenvalue weighted by Crippen LogP contribution is -2.38. The summed E-state index contributed by atoms with van der Waals surface area (Å²) in [6.45, 7) is 0.547. The summed E-state index contributed by atoms with van der Waals surface area (Å²) in [4.78, 5) is 25.6. The zero-order valence-corrected chi connectivity index (χ0v) is 12.2. The predicted molar refractivity (Wildman–Crippen MR) is 77.3 cm³/mol. The van der Waals surface area contributed by atoms with Gasteiger partial charge in [0.05, 0.1) is 18.6 Å². The van der Waals surface area contributed by atoms with Crippen LogP contribution in [0.1, 0.15) is 37.4 Å². The highest BCUT2D eigenvalue weighted by Crippen LogP contribution is 2.30. The summed E-state index contributed by atoms with van der Waals surface area (Å²) in [6, 6.07) is 5.73. The molecule has 6 heteroatoms. The van der Waals surface area contributed by atoms with E-state index in [2.05, 4.69) is 5.32 Å². The zero-order valence-electron chi connectivity index (χ0n) is 12.2. The molecule has 2 atom stereocenters. The van der Waals surface area contributed by atoms with Crippen molar-refractivity contribution in [1.82, 2.24) is 10.2 Å². The summed E-state index contributed by atoms with van der Waals surface area (Å²) in [6.07, 6.45) is 1.22. The van der Waals surface area contributed by atoms with E-state index in [0.717, 1.165) is 12.8 Å². The van der Waals surface area contributed by atoms with Crippen molar-refractivity contribution in [1.29, 1.82) is 0 Å². The summed E-state index contributed by atoms with van der Waals surface area (Å²) in [5, 5.41) is 12.8. The van der Waals surface area contributed by atoms with Gasteiger partial charge in [0.15, 0.2) is 0 Å². The Hall–Kier alpha value is -1.95. The molecule has 3 rings (SSSR count). The SMILES string of the molecule is O=C(CC(O)c1cccc(F)c1)NC1CC(=O)N(C2CC2)C1. The molecule has 2 fully saturated rings. The summed E-state index contributed by atoms with van der Waals surface area (Å²) >= 11 is 0. The molecular formula is C16H19FN2O3. The molecule has 0 aromatic heterocycles. The molecule has 2 unspecified atom stereocenters. The molecule has 1 saturated heterocycles. The van der Waals surface area contributed by atoms with E-state index in [4.69, 9.17) is 0 Å². The Morgan fingerprint density at radius 2 is 2.23 bits per heavy atom. The number of benzene rings is 1. The summed E-state index contributed by atoms with van der Waals surface area (Å²) in [7, 11) is 0. The van der Waals surface area contributed by atoms with Crippen molar-refractivity contribution in [3.8, 4) is 0 Å². The van der Waals surface area contributed by atoms with Crippen LogP contribution < -0.4 is 5.32 Å². The molecule has 1 aromatic rings. The minimum atomic E-state index is -1.05. The molecule has 0 radical (unpaired) electrons. The highest BCUT2D eigenvalue weighted by Gasteiger charge is 2.39. The second kappa shape index (κ2) is 6.04. The topological polar surface area (TPSA) is 69.6 Å². The lowest BCUT2D eigenvalue weighted by atomic mass is 10.1. The molecule has 1 aliphatic carbocycles. The third-order valence-electron chi connectivity index (χ3n) is 4.12. The summed E-state index contributed by atoms with van der Waals surface area (Å²) in [5.74, 6) is -0.691. The molecule has 1 aliphatic heterocycles. The zero-order chi connectivity index (χ0) is 15.7. The molecule has 2 aliphatic rings. The van der Waals surface area contributed by atoms with Crippen LogP contribution in [0.25, 0.3) is 0 Å². The van der Waals surface area contributed by atoms with Gasteiger partial charge in [-0.15, -0.1) is 0 Å². The second-order valence-corrected chi connectivity index (χ2v) is 6.02. The summed E-state index contributed by atoms with van der Waals surface area (Å²) < 4.78 is 13.1. The molecule has 118 valence electrons. The fraction of sp³-hybridized carbons (Fsp3) is 0.500. The molecule has 1 heterocycles. The molecule has 0 bridgehead atoms. The number of hydrogen-bond donors (Lipinski definition) is 2. The van der Waals surface area contributed by atoms with E-state index in [1.54, 1.807) is 6.07 Å². The lowest BCUT2D eigenvalue weighted by Gasteiger charge is -2.17. The molecule has 0 spiro atoms. The molecule has 2 N–H and O–H groups in total. The van der Waals surface area contributed by atoms with Gasteiger partial charge < -0.3 is 15.3 Å². The number of rotatable bonds is 5. The van der Waals surface area contributed by atoms with Crippen LogP contribution in [0.4, 0.5) is 4.39 Å². The third-order valence-corrected chi connectivity index (χ3v) is 4.12. The van der Waals surface area contributed by atoms with E-state index in [0.29, 0.717) is 24.6 Å². The second-order valence-electron chi connectivity index (χ2n) is 6.02. The first kappa shape index (κ1) is 15.0. The van der Waals surface area contributed by atoms with Crippen LogP contribution in [0.3, 0.4) is 0 Å². The first-order valence-corrected chi connectivity index (χ1v) is 7.55. The van der Waals surface area contributed by atoms with Crippen LogP contribution in [0.2, 0.25) is 0 Å². The highest BCUT2D eigenvalue weighted by molar-refractivity contribution is 5.82. The van der Waals surface area contributed by atoms with Crippen LogP contribution in [-0.4, -0.2) is 40.4 Å². The number of likely N-dealkylation sites (tertiary alicyclic amines) is 1. The smallest absolute Gasteiger partial charge is 0.225 e. The lowest BCUT2D eigenvalue weighted by molar-refractivity contribution is -0.128. The van der Waals surface area contributed by atoms with Crippen molar-refractivity contribution in [2.45, 2.75) is 43.9 Å².